The minimum Gasteiger partial charge on any atom is -0.389 e. The van der Waals surface area contributed by atoms with Gasteiger partial charge < -0.3 is 19.7 Å². The van der Waals surface area contributed by atoms with E-state index in [1.165, 1.54) is 7.11 Å². The molecule has 0 saturated carbocycles. The summed E-state index contributed by atoms with van der Waals surface area (Å²) in [7, 11) is 1.51. The molecular weight excluding hydrogens is 256 g/mol. The molecule has 0 aliphatic heterocycles. The Balaban J connectivity index is 2.17. The second-order valence-electron chi connectivity index (χ2n) is 4.65. The number of para-hydroxylation sites is 1. The van der Waals surface area contributed by atoms with E-state index < -0.39 is 6.10 Å². The van der Waals surface area contributed by atoms with Crippen LogP contribution >= 0.6 is 0 Å². The van der Waals surface area contributed by atoms with Crippen LogP contribution < -0.4 is 5.32 Å². The Morgan fingerprint density at radius 2 is 2.20 bits per heavy atom. The van der Waals surface area contributed by atoms with E-state index in [4.69, 9.17) is 4.74 Å². The summed E-state index contributed by atoms with van der Waals surface area (Å²) in [5, 5.41) is 13.3. The lowest BCUT2D eigenvalue weighted by atomic mass is 10.2. The summed E-state index contributed by atoms with van der Waals surface area (Å²) in [4.78, 5) is 12.2. The first-order valence-electron chi connectivity index (χ1n) is 6.70. The molecule has 108 valence electrons. The molecule has 1 unspecified atom stereocenters. The average molecular weight is 276 g/mol. The number of benzene rings is 1. The fourth-order valence-corrected chi connectivity index (χ4v) is 2.29. The molecule has 1 aromatic carbocycles. The number of nitrogens with zero attached hydrogens (tertiary/aromatic N) is 1. The number of methoxy groups -OCH3 is 1. The van der Waals surface area contributed by atoms with Crippen molar-refractivity contribution >= 4 is 16.8 Å². The second-order valence-corrected chi connectivity index (χ2v) is 4.65. The normalized spacial score (nSPS) is 12.6. The molecule has 5 heteroatoms. The summed E-state index contributed by atoms with van der Waals surface area (Å²) in [6.45, 7) is 3.11. The molecule has 0 aliphatic rings. The third-order valence-corrected chi connectivity index (χ3v) is 3.22. The zero-order chi connectivity index (χ0) is 14.5. The molecule has 0 spiro atoms. The van der Waals surface area contributed by atoms with Crippen molar-refractivity contribution in [2.75, 3.05) is 20.3 Å². The SMILES string of the molecule is CCn1c(C(=O)NCC(O)COC)cc2ccccc21. The lowest BCUT2D eigenvalue weighted by Gasteiger charge is -2.12. The van der Waals surface area contributed by atoms with E-state index in [1.807, 2.05) is 41.8 Å². The molecule has 1 heterocycles. The molecule has 2 rings (SSSR count). The topological polar surface area (TPSA) is 63.5 Å². The number of aliphatic hydroxyl groups excluding tert-OH is 1. The van der Waals surface area contributed by atoms with Gasteiger partial charge >= 0.3 is 0 Å². The van der Waals surface area contributed by atoms with Crippen molar-refractivity contribution in [2.45, 2.75) is 19.6 Å². The highest BCUT2D eigenvalue weighted by atomic mass is 16.5. The first kappa shape index (κ1) is 14.6. The Morgan fingerprint density at radius 1 is 1.45 bits per heavy atom. The van der Waals surface area contributed by atoms with Gasteiger partial charge in [0.15, 0.2) is 0 Å². The van der Waals surface area contributed by atoms with Crippen LogP contribution in [-0.2, 0) is 11.3 Å². The highest BCUT2D eigenvalue weighted by Gasteiger charge is 2.15. The Morgan fingerprint density at radius 3 is 2.90 bits per heavy atom. The maximum Gasteiger partial charge on any atom is 0.268 e. The summed E-state index contributed by atoms with van der Waals surface area (Å²) in [6.07, 6.45) is -0.691. The van der Waals surface area contributed by atoms with E-state index in [-0.39, 0.29) is 19.1 Å². The third kappa shape index (κ3) is 3.00. The number of nitrogens with one attached hydrogen (secondary N) is 1. The van der Waals surface area contributed by atoms with Crippen LogP contribution in [0.3, 0.4) is 0 Å². The Labute approximate surface area is 118 Å². The fourth-order valence-electron chi connectivity index (χ4n) is 2.29. The van der Waals surface area contributed by atoms with Crippen molar-refractivity contribution in [3.63, 3.8) is 0 Å². The van der Waals surface area contributed by atoms with Gasteiger partial charge in [-0.25, -0.2) is 0 Å². The van der Waals surface area contributed by atoms with Crippen LogP contribution in [0.5, 0.6) is 0 Å². The van der Waals surface area contributed by atoms with Crippen molar-refractivity contribution in [3.05, 3.63) is 36.0 Å². The van der Waals surface area contributed by atoms with Crippen molar-refractivity contribution in [1.29, 1.82) is 0 Å². The van der Waals surface area contributed by atoms with E-state index in [9.17, 15) is 9.90 Å². The summed E-state index contributed by atoms with van der Waals surface area (Å²) >= 11 is 0. The Bertz CT molecular complexity index is 592. The lowest BCUT2D eigenvalue weighted by Crippen LogP contribution is -2.35. The molecular formula is C15H20N2O3. The number of aliphatic hydroxyl groups is 1. The molecule has 0 saturated heterocycles. The van der Waals surface area contributed by atoms with Gasteiger partial charge in [0, 0.05) is 31.1 Å². The predicted molar refractivity (Wildman–Crippen MR) is 77.8 cm³/mol. The predicted octanol–water partition coefficient (Wildman–Crippen LogP) is 1.40. The standard InChI is InChI=1S/C15H20N2O3/c1-3-17-13-7-5-4-6-11(13)8-14(17)15(19)16-9-12(18)10-20-2/h4-8,12,18H,3,9-10H2,1-2H3,(H,16,19). The summed E-state index contributed by atoms with van der Waals surface area (Å²) in [6, 6.07) is 9.76. The first-order valence-corrected chi connectivity index (χ1v) is 6.70. The van der Waals surface area contributed by atoms with Gasteiger partial charge in [-0.05, 0) is 19.1 Å². The van der Waals surface area contributed by atoms with Crippen molar-refractivity contribution in [1.82, 2.24) is 9.88 Å². The minimum absolute atomic E-state index is 0.178. The number of ether oxygens (including phenoxy) is 1. The average Bonchev–Trinajstić information content (AvgIpc) is 2.83. The van der Waals surface area contributed by atoms with Crippen LogP contribution in [0, 0.1) is 0 Å². The van der Waals surface area contributed by atoms with Crippen molar-refractivity contribution in [2.24, 2.45) is 0 Å². The van der Waals surface area contributed by atoms with Crippen LogP contribution in [0.25, 0.3) is 10.9 Å². The molecule has 0 fully saturated rings. The molecule has 1 aromatic heterocycles. The van der Waals surface area contributed by atoms with Crippen LogP contribution in [-0.4, -0.2) is 41.9 Å². The summed E-state index contributed by atoms with van der Waals surface area (Å²) < 4.78 is 6.79. The zero-order valence-electron chi connectivity index (χ0n) is 11.8. The fraction of sp³-hybridized carbons (Fsp3) is 0.400. The smallest absolute Gasteiger partial charge is 0.268 e. The quantitative estimate of drug-likeness (QED) is 0.838. The zero-order valence-corrected chi connectivity index (χ0v) is 11.8. The number of hydrogen-bond donors (Lipinski definition) is 2. The van der Waals surface area contributed by atoms with Gasteiger partial charge in [-0.3, -0.25) is 4.79 Å². The number of rotatable bonds is 6. The first-order chi connectivity index (χ1) is 9.67. The van der Waals surface area contributed by atoms with Crippen LogP contribution in [0.1, 0.15) is 17.4 Å². The second kappa shape index (κ2) is 6.54. The van der Waals surface area contributed by atoms with Gasteiger partial charge in [0.25, 0.3) is 5.91 Å². The molecule has 0 bridgehead atoms. The van der Waals surface area contributed by atoms with Gasteiger partial charge in [-0.2, -0.15) is 0 Å². The van der Waals surface area contributed by atoms with Gasteiger partial charge in [0.05, 0.1) is 12.7 Å². The largest absolute Gasteiger partial charge is 0.389 e. The van der Waals surface area contributed by atoms with Crippen molar-refractivity contribution < 1.29 is 14.6 Å². The molecule has 2 aromatic rings. The third-order valence-electron chi connectivity index (χ3n) is 3.22. The van der Waals surface area contributed by atoms with Gasteiger partial charge in [-0.1, -0.05) is 18.2 Å². The molecule has 2 N–H and O–H groups in total. The van der Waals surface area contributed by atoms with Gasteiger partial charge in [-0.15, -0.1) is 0 Å². The number of aryl methyl sites for hydroxylation is 1. The van der Waals surface area contributed by atoms with E-state index in [2.05, 4.69) is 5.32 Å². The van der Waals surface area contributed by atoms with Crippen molar-refractivity contribution in [3.8, 4) is 0 Å². The minimum atomic E-state index is -0.691. The number of aromatic nitrogens is 1. The molecule has 0 radical (unpaired) electrons. The number of hydrogen-bond acceptors (Lipinski definition) is 3. The van der Waals surface area contributed by atoms with E-state index in [0.29, 0.717) is 5.69 Å². The monoisotopic (exact) mass is 276 g/mol. The van der Waals surface area contributed by atoms with Crippen LogP contribution in [0.15, 0.2) is 30.3 Å². The number of amides is 1. The highest BCUT2D eigenvalue weighted by Crippen LogP contribution is 2.19. The molecule has 20 heavy (non-hydrogen) atoms. The lowest BCUT2D eigenvalue weighted by molar-refractivity contribution is 0.0607. The van der Waals surface area contributed by atoms with E-state index in [1.54, 1.807) is 0 Å². The molecule has 1 amide bonds. The number of fused-ring (bicyclic) bond motifs is 1. The molecule has 1 atom stereocenters. The Hall–Kier alpha value is -1.85. The summed E-state index contributed by atoms with van der Waals surface area (Å²) in [5.74, 6) is -0.182. The number of carbonyl (C=O) groups is 1. The van der Waals surface area contributed by atoms with Gasteiger partial charge in [0.2, 0.25) is 0 Å². The maximum absolute atomic E-state index is 12.2. The van der Waals surface area contributed by atoms with E-state index in [0.717, 1.165) is 17.4 Å². The highest BCUT2D eigenvalue weighted by molar-refractivity contribution is 5.98. The molecule has 0 aliphatic carbocycles. The van der Waals surface area contributed by atoms with E-state index >= 15 is 0 Å². The number of carbonyl (C=O) groups excluding carboxylic acids is 1. The van der Waals surface area contributed by atoms with Crippen LogP contribution in [0.2, 0.25) is 0 Å². The van der Waals surface area contributed by atoms with Gasteiger partial charge in [0.1, 0.15) is 5.69 Å². The maximum atomic E-state index is 12.2. The molecule has 5 nitrogen and oxygen atoms in total. The summed E-state index contributed by atoms with van der Waals surface area (Å²) in [5.41, 5.74) is 1.65. The van der Waals surface area contributed by atoms with Crippen LogP contribution in [0.4, 0.5) is 0 Å². The Kier molecular flexibility index (Phi) is 4.76.